The molecule has 1 aromatic carbocycles. The first-order valence-electron chi connectivity index (χ1n) is 3.63. The molecule has 1 aromatic rings. The molecular weight excluding hydrogens is 141 g/mol. The Bertz CT molecular complexity index is 223. The quantitative estimate of drug-likeness (QED) is 0.631. The Balaban J connectivity index is 2.56. The fourth-order valence-corrected chi connectivity index (χ4v) is 0.933. The maximum absolute atomic E-state index is 12.6. The first-order valence-corrected chi connectivity index (χ1v) is 3.63. The van der Waals surface area contributed by atoms with E-state index in [0.717, 1.165) is 18.5 Å². The molecule has 1 nitrogen and oxygen atoms in total. The van der Waals surface area contributed by atoms with Crippen molar-refractivity contribution in [1.29, 1.82) is 0 Å². The second-order valence-electron chi connectivity index (χ2n) is 2.42. The van der Waals surface area contributed by atoms with Crippen LogP contribution in [0.5, 0.6) is 0 Å². The van der Waals surface area contributed by atoms with Gasteiger partial charge < -0.3 is 5.32 Å². The Morgan fingerprint density at radius 2 is 2.27 bits per heavy atom. The monoisotopic (exact) mass is 152 g/mol. The molecule has 0 N–H and O–H groups in total. The van der Waals surface area contributed by atoms with Crippen LogP contribution in [0.15, 0.2) is 24.3 Å². The molecule has 0 saturated carbocycles. The normalized spacial score (nSPS) is 10.0. The topological polar surface area (TPSA) is 14.1 Å². The number of halogens is 1. The Morgan fingerprint density at radius 1 is 1.45 bits per heavy atom. The Labute approximate surface area is 66.2 Å². The fourth-order valence-electron chi connectivity index (χ4n) is 0.933. The highest BCUT2D eigenvalue weighted by Gasteiger charge is 1.90. The van der Waals surface area contributed by atoms with Gasteiger partial charge in [0.1, 0.15) is 5.82 Å². The summed E-state index contributed by atoms with van der Waals surface area (Å²) in [6.07, 6.45) is 0.828. The van der Waals surface area contributed by atoms with Gasteiger partial charge in [0.05, 0.1) is 0 Å². The summed E-state index contributed by atoms with van der Waals surface area (Å²) in [6.45, 7) is 0.767. The smallest absolute Gasteiger partial charge is 0.123 e. The summed E-state index contributed by atoms with van der Waals surface area (Å²) in [5.74, 6) is -0.168. The maximum atomic E-state index is 12.6. The molecule has 0 atom stereocenters. The van der Waals surface area contributed by atoms with Crippen LogP contribution in [-0.2, 0) is 6.42 Å². The Hall–Kier alpha value is -0.890. The summed E-state index contributed by atoms with van der Waals surface area (Å²) >= 11 is 0. The minimum absolute atomic E-state index is 0.168. The third kappa shape index (κ3) is 2.68. The predicted molar refractivity (Wildman–Crippen MR) is 44.3 cm³/mol. The minimum Gasteiger partial charge on any atom is -0.665 e. The average Bonchev–Trinajstić information content (AvgIpc) is 2.01. The first kappa shape index (κ1) is 8.21. The van der Waals surface area contributed by atoms with Crippen molar-refractivity contribution in [2.75, 3.05) is 13.6 Å². The molecule has 0 radical (unpaired) electrons. The first-order chi connectivity index (χ1) is 5.33. The van der Waals surface area contributed by atoms with Crippen LogP contribution in [-0.4, -0.2) is 13.6 Å². The maximum Gasteiger partial charge on any atom is 0.123 e. The van der Waals surface area contributed by atoms with Crippen molar-refractivity contribution in [3.05, 3.63) is 41.0 Å². The van der Waals surface area contributed by atoms with Crippen molar-refractivity contribution in [3.63, 3.8) is 0 Å². The Morgan fingerprint density at radius 3 is 2.91 bits per heavy atom. The van der Waals surface area contributed by atoms with Gasteiger partial charge in [-0.2, -0.15) is 7.05 Å². The third-order valence-corrected chi connectivity index (χ3v) is 1.51. The highest BCUT2D eigenvalue weighted by molar-refractivity contribution is 5.17. The molecule has 0 aromatic heterocycles. The second-order valence-corrected chi connectivity index (χ2v) is 2.42. The molecular formula is C9H11FN-. The zero-order chi connectivity index (χ0) is 8.10. The van der Waals surface area contributed by atoms with Crippen molar-refractivity contribution >= 4 is 0 Å². The summed E-state index contributed by atoms with van der Waals surface area (Å²) in [7, 11) is 1.76. The van der Waals surface area contributed by atoms with Gasteiger partial charge in [0.15, 0.2) is 0 Å². The lowest BCUT2D eigenvalue weighted by atomic mass is 10.1. The molecule has 0 aliphatic heterocycles. The van der Waals surface area contributed by atoms with Crippen molar-refractivity contribution in [2.24, 2.45) is 0 Å². The van der Waals surface area contributed by atoms with E-state index in [-0.39, 0.29) is 5.82 Å². The molecule has 11 heavy (non-hydrogen) atoms. The number of hydrogen-bond acceptors (Lipinski definition) is 0. The van der Waals surface area contributed by atoms with Gasteiger partial charge in [0.2, 0.25) is 0 Å². The summed E-state index contributed by atoms with van der Waals surface area (Å²) in [5.41, 5.74) is 1.01. The highest BCUT2D eigenvalue weighted by Crippen LogP contribution is 2.04. The largest absolute Gasteiger partial charge is 0.665 e. The number of hydrogen-bond donors (Lipinski definition) is 0. The van der Waals surface area contributed by atoms with Gasteiger partial charge in [0, 0.05) is 0 Å². The lowest BCUT2D eigenvalue weighted by Gasteiger charge is -2.09. The van der Waals surface area contributed by atoms with Gasteiger partial charge >= 0.3 is 0 Å². The van der Waals surface area contributed by atoms with E-state index in [4.69, 9.17) is 0 Å². The number of rotatable bonds is 3. The van der Waals surface area contributed by atoms with E-state index in [9.17, 15) is 4.39 Å². The van der Waals surface area contributed by atoms with Gasteiger partial charge in [-0.25, -0.2) is 4.39 Å². The van der Waals surface area contributed by atoms with E-state index < -0.39 is 0 Å². The molecule has 0 aliphatic rings. The molecule has 0 fully saturated rings. The van der Waals surface area contributed by atoms with Crippen LogP contribution in [0.2, 0.25) is 0 Å². The molecule has 0 aliphatic carbocycles. The van der Waals surface area contributed by atoms with Crippen LogP contribution in [0.25, 0.3) is 5.32 Å². The van der Waals surface area contributed by atoms with E-state index in [1.807, 2.05) is 6.07 Å². The van der Waals surface area contributed by atoms with Crippen molar-refractivity contribution in [2.45, 2.75) is 6.42 Å². The van der Waals surface area contributed by atoms with Crippen molar-refractivity contribution in [1.82, 2.24) is 0 Å². The molecule has 1 rings (SSSR count). The number of likely N-dealkylation sites (N-methyl/N-ethyl adjacent to an activating group) is 1. The summed E-state index contributed by atoms with van der Waals surface area (Å²) in [4.78, 5) is 0. The predicted octanol–water partition coefficient (Wildman–Crippen LogP) is 2.37. The standard InChI is InChI=1S/C9H11FN/c1-11-6-5-8-3-2-4-9(10)7-8/h2-4,7H,5-6H2,1H3/q-1. The summed E-state index contributed by atoms with van der Waals surface area (Å²) < 4.78 is 12.6. The van der Waals surface area contributed by atoms with Gasteiger partial charge in [-0.05, 0) is 24.1 Å². The SMILES string of the molecule is C[N-]CCc1cccc(F)c1. The van der Waals surface area contributed by atoms with Crippen LogP contribution in [0, 0.1) is 5.82 Å². The molecule has 0 saturated heterocycles. The summed E-state index contributed by atoms with van der Waals surface area (Å²) in [6, 6.07) is 6.63. The van der Waals surface area contributed by atoms with Crippen LogP contribution in [0.1, 0.15) is 5.56 Å². The molecule has 0 spiro atoms. The van der Waals surface area contributed by atoms with E-state index in [2.05, 4.69) is 5.32 Å². The highest BCUT2D eigenvalue weighted by atomic mass is 19.1. The molecule has 0 unspecified atom stereocenters. The molecule has 60 valence electrons. The second kappa shape index (κ2) is 4.09. The van der Waals surface area contributed by atoms with Gasteiger partial charge in [-0.3, -0.25) is 0 Å². The number of benzene rings is 1. The zero-order valence-electron chi connectivity index (χ0n) is 6.55. The van der Waals surface area contributed by atoms with Gasteiger partial charge in [-0.1, -0.05) is 12.1 Å². The van der Waals surface area contributed by atoms with Crippen LogP contribution in [0.4, 0.5) is 4.39 Å². The summed E-state index contributed by atoms with van der Waals surface area (Å²) in [5, 5.41) is 3.94. The van der Waals surface area contributed by atoms with Crippen LogP contribution in [0.3, 0.4) is 0 Å². The van der Waals surface area contributed by atoms with Gasteiger partial charge in [0.25, 0.3) is 0 Å². The van der Waals surface area contributed by atoms with Crippen molar-refractivity contribution < 1.29 is 4.39 Å². The molecule has 0 bridgehead atoms. The molecule has 0 heterocycles. The fraction of sp³-hybridized carbons (Fsp3) is 0.333. The van der Waals surface area contributed by atoms with Gasteiger partial charge in [-0.15, -0.1) is 6.54 Å². The minimum atomic E-state index is -0.168. The van der Waals surface area contributed by atoms with E-state index in [1.165, 1.54) is 6.07 Å². The molecule has 0 amide bonds. The van der Waals surface area contributed by atoms with E-state index >= 15 is 0 Å². The van der Waals surface area contributed by atoms with Crippen LogP contribution >= 0.6 is 0 Å². The average molecular weight is 152 g/mol. The lowest BCUT2D eigenvalue weighted by molar-refractivity contribution is 0.625. The third-order valence-electron chi connectivity index (χ3n) is 1.51. The van der Waals surface area contributed by atoms with E-state index in [0.29, 0.717) is 0 Å². The van der Waals surface area contributed by atoms with Crippen molar-refractivity contribution in [3.8, 4) is 0 Å². The lowest BCUT2D eigenvalue weighted by Crippen LogP contribution is -1.90. The van der Waals surface area contributed by atoms with E-state index in [1.54, 1.807) is 19.2 Å². The molecule has 2 heteroatoms. The zero-order valence-corrected chi connectivity index (χ0v) is 6.55. The number of nitrogens with zero attached hydrogens (tertiary/aromatic N) is 1. The van der Waals surface area contributed by atoms with Crippen LogP contribution < -0.4 is 0 Å². The Kier molecular flexibility index (Phi) is 3.05.